The second kappa shape index (κ2) is 10.1. The van der Waals surface area contributed by atoms with Gasteiger partial charge in [0.05, 0.1) is 12.8 Å². The molecule has 13 heteroatoms. The van der Waals surface area contributed by atoms with Crippen molar-refractivity contribution in [1.82, 2.24) is 30.3 Å². The number of carbonyl (C=O) groups is 1. The van der Waals surface area contributed by atoms with E-state index in [1.807, 2.05) is 18.2 Å². The summed E-state index contributed by atoms with van der Waals surface area (Å²) >= 11 is 12.8. The number of methoxy groups -OCH3 is 1. The number of primary amides is 1. The Morgan fingerprint density at radius 1 is 1.19 bits per heavy atom. The van der Waals surface area contributed by atoms with Crippen molar-refractivity contribution >= 4 is 51.9 Å². The van der Waals surface area contributed by atoms with Gasteiger partial charge in [0, 0.05) is 54.4 Å². The SMILES string of the molecule is COc1cc(N2CCNCC2)ccc1Nc1nc(Cc2c(Cl)cccc2Cl)n2nnnc2c1C(N)=O. The number of halogens is 2. The Labute approximate surface area is 216 Å². The second-order valence-corrected chi connectivity index (χ2v) is 8.97. The highest BCUT2D eigenvalue weighted by molar-refractivity contribution is 6.36. The number of nitrogens with zero attached hydrogens (tertiary/aromatic N) is 6. The quantitative estimate of drug-likeness (QED) is 0.331. The number of fused-ring (bicyclic) bond motifs is 1. The normalized spacial score (nSPS) is 13.7. The Kier molecular flexibility index (Phi) is 6.77. The maximum Gasteiger partial charge on any atom is 0.256 e. The first-order valence-corrected chi connectivity index (χ1v) is 12.0. The van der Waals surface area contributed by atoms with Crippen LogP contribution in [0.3, 0.4) is 0 Å². The van der Waals surface area contributed by atoms with Gasteiger partial charge in [0.15, 0.2) is 5.65 Å². The van der Waals surface area contributed by atoms with E-state index < -0.39 is 5.91 Å². The van der Waals surface area contributed by atoms with Crippen LogP contribution in [-0.2, 0) is 6.42 Å². The average Bonchev–Trinajstić information content (AvgIpc) is 3.36. The van der Waals surface area contributed by atoms with E-state index >= 15 is 0 Å². The van der Waals surface area contributed by atoms with Crippen molar-refractivity contribution in [2.24, 2.45) is 5.73 Å². The van der Waals surface area contributed by atoms with E-state index in [2.05, 4.69) is 36.0 Å². The molecule has 1 fully saturated rings. The average molecular weight is 528 g/mol. The number of ether oxygens (including phenoxy) is 1. The molecule has 4 N–H and O–H groups in total. The molecule has 0 bridgehead atoms. The topological polar surface area (TPSA) is 136 Å². The van der Waals surface area contributed by atoms with Crippen molar-refractivity contribution in [3.63, 3.8) is 0 Å². The number of amides is 1. The third-order valence-corrected chi connectivity index (χ3v) is 6.69. The number of hydrogen-bond donors (Lipinski definition) is 3. The van der Waals surface area contributed by atoms with E-state index in [1.54, 1.807) is 25.3 Å². The third kappa shape index (κ3) is 4.60. The van der Waals surface area contributed by atoms with Crippen molar-refractivity contribution in [3.8, 4) is 5.75 Å². The van der Waals surface area contributed by atoms with Gasteiger partial charge in [-0.3, -0.25) is 4.79 Å². The predicted molar refractivity (Wildman–Crippen MR) is 138 cm³/mol. The molecule has 0 aliphatic carbocycles. The van der Waals surface area contributed by atoms with Gasteiger partial charge in [0.25, 0.3) is 5.91 Å². The van der Waals surface area contributed by atoms with Crippen molar-refractivity contribution < 1.29 is 9.53 Å². The van der Waals surface area contributed by atoms with Crippen LogP contribution in [0.5, 0.6) is 5.75 Å². The lowest BCUT2D eigenvalue weighted by Crippen LogP contribution is -2.43. The molecule has 2 aromatic carbocycles. The highest BCUT2D eigenvalue weighted by Crippen LogP contribution is 2.34. The monoisotopic (exact) mass is 527 g/mol. The number of rotatable bonds is 7. The Hall–Kier alpha value is -3.67. The fourth-order valence-corrected chi connectivity index (χ4v) is 4.71. The summed E-state index contributed by atoms with van der Waals surface area (Å²) in [7, 11) is 1.58. The summed E-state index contributed by atoms with van der Waals surface area (Å²) in [6.45, 7) is 3.62. The highest BCUT2D eigenvalue weighted by atomic mass is 35.5. The molecule has 1 aliphatic heterocycles. The zero-order valence-electron chi connectivity index (χ0n) is 19.3. The van der Waals surface area contributed by atoms with Crippen LogP contribution in [0.4, 0.5) is 17.2 Å². The standard InChI is InChI=1S/C23H23Cl2N9O2/c1-36-18-11-13(33-9-7-27-8-10-33)5-6-17(18)28-22-20(21(26)35)23-30-31-32-34(23)19(29-22)12-14-15(24)3-2-4-16(14)25/h2-6,11,27-28H,7-10,12H2,1H3,(H2,26,35). The summed E-state index contributed by atoms with van der Waals surface area (Å²) in [6, 6.07) is 11.0. The summed E-state index contributed by atoms with van der Waals surface area (Å²) < 4.78 is 7.01. The van der Waals surface area contributed by atoms with Gasteiger partial charge in [-0.05, 0) is 40.3 Å². The minimum Gasteiger partial charge on any atom is -0.494 e. The summed E-state index contributed by atoms with van der Waals surface area (Å²) in [5, 5.41) is 19.2. The van der Waals surface area contributed by atoms with Crippen molar-refractivity contribution in [2.75, 3.05) is 43.5 Å². The number of benzene rings is 2. The van der Waals surface area contributed by atoms with Crippen LogP contribution in [0, 0.1) is 0 Å². The fourth-order valence-electron chi connectivity index (χ4n) is 4.18. The lowest BCUT2D eigenvalue weighted by atomic mass is 10.1. The largest absolute Gasteiger partial charge is 0.494 e. The molecule has 0 saturated carbocycles. The first-order valence-electron chi connectivity index (χ1n) is 11.2. The molecular weight excluding hydrogens is 505 g/mol. The van der Waals surface area contributed by atoms with E-state index in [9.17, 15) is 4.79 Å². The van der Waals surface area contributed by atoms with Gasteiger partial charge in [-0.2, -0.15) is 4.52 Å². The molecule has 0 radical (unpaired) electrons. The molecule has 1 amide bonds. The van der Waals surface area contributed by atoms with E-state index in [4.69, 9.17) is 33.7 Å². The number of tetrazole rings is 1. The fraction of sp³-hybridized carbons (Fsp3) is 0.261. The molecular formula is C23H23Cl2N9O2. The van der Waals surface area contributed by atoms with Gasteiger partial charge >= 0.3 is 0 Å². The molecule has 4 aromatic rings. The van der Waals surface area contributed by atoms with E-state index in [-0.39, 0.29) is 23.4 Å². The Morgan fingerprint density at radius 3 is 2.64 bits per heavy atom. The molecule has 0 spiro atoms. The zero-order valence-corrected chi connectivity index (χ0v) is 20.8. The molecule has 3 heterocycles. The van der Waals surface area contributed by atoms with E-state index in [0.29, 0.717) is 32.9 Å². The van der Waals surface area contributed by atoms with Crippen LogP contribution < -0.4 is 26.0 Å². The number of hydrogen-bond acceptors (Lipinski definition) is 9. The van der Waals surface area contributed by atoms with E-state index in [0.717, 1.165) is 31.9 Å². The molecule has 1 saturated heterocycles. The minimum absolute atomic E-state index is 0.0437. The van der Waals surface area contributed by atoms with Crippen LogP contribution in [-0.4, -0.2) is 64.2 Å². The van der Waals surface area contributed by atoms with Crippen LogP contribution in [0.2, 0.25) is 10.0 Å². The van der Waals surface area contributed by atoms with Crippen molar-refractivity contribution in [2.45, 2.75) is 6.42 Å². The van der Waals surface area contributed by atoms with Gasteiger partial charge in [0.2, 0.25) is 0 Å². The Balaban J connectivity index is 1.57. The number of anilines is 3. The lowest BCUT2D eigenvalue weighted by Gasteiger charge is -2.30. The van der Waals surface area contributed by atoms with Crippen LogP contribution in [0.15, 0.2) is 36.4 Å². The molecule has 1 aliphatic rings. The maximum atomic E-state index is 12.5. The molecule has 5 rings (SSSR count). The summed E-state index contributed by atoms with van der Waals surface area (Å²) in [5.41, 5.74) is 8.22. The highest BCUT2D eigenvalue weighted by Gasteiger charge is 2.23. The Bertz CT molecular complexity index is 1420. The minimum atomic E-state index is -0.733. The molecule has 0 atom stereocenters. The number of aromatic nitrogens is 5. The van der Waals surface area contributed by atoms with Crippen LogP contribution in [0.25, 0.3) is 5.65 Å². The number of carbonyl (C=O) groups excluding carboxylic acids is 1. The van der Waals surface area contributed by atoms with Gasteiger partial charge in [0.1, 0.15) is 23.0 Å². The van der Waals surface area contributed by atoms with Gasteiger partial charge in [-0.25, -0.2) is 4.98 Å². The molecule has 11 nitrogen and oxygen atoms in total. The summed E-state index contributed by atoms with van der Waals surface area (Å²) in [6.07, 6.45) is 0.215. The van der Waals surface area contributed by atoms with Crippen molar-refractivity contribution in [3.05, 3.63) is 63.4 Å². The van der Waals surface area contributed by atoms with Gasteiger partial charge in [-0.15, -0.1) is 5.10 Å². The van der Waals surface area contributed by atoms with Gasteiger partial charge < -0.3 is 26.0 Å². The smallest absolute Gasteiger partial charge is 0.256 e. The maximum absolute atomic E-state index is 12.5. The first kappa shape index (κ1) is 24.0. The van der Waals surface area contributed by atoms with Crippen molar-refractivity contribution in [1.29, 1.82) is 0 Å². The lowest BCUT2D eigenvalue weighted by molar-refractivity contribution is 0.100. The third-order valence-electron chi connectivity index (χ3n) is 5.98. The number of nitrogens with one attached hydrogen (secondary N) is 2. The number of piperazine rings is 1. The number of nitrogens with two attached hydrogens (primary N) is 1. The van der Waals surface area contributed by atoms with Gasteiger partial charge in [-0.1, -0.05) is 29.3 Å². The van der Waals surface area contributed by atoms with Crippen LogP contribution >= 0.6 is 23.2 Å². The summed E-state index contributed by atoms with van der Waals surface area (Å²) in [5.74, 6) is 0.451. The first-order chi connectivity index (χ1) is 17.5. The zero-order chi connectivity index (χ0) is 25.2. The van der Waals surface area contributed by atoms with E-state index in [1.165, 1.54) is 4.52 Å². The molecule has 2 aromatic heterocycles. The molecule has 186 valence electrons. The molecule has 36 heavy (non-hydrogen) atoms. The summed E-state index contributed by atoms with van der Waals surface area (Å²) in [4.78, 5) is 19.4. The predicted octanol–water partition coefficient (Wildman–Crippen LogP) is 2.68. The second-order valence-electron chi connectivity index (χ2n) is 8.15. The van der Waals surface area contributed by atoms with Crippen LogP contribution in [0.1, 0.15) is 21.7 Å². The molecule has 0 unspecified atom stereocenters. The Morgan fingerprint density at radius 2 is 1.94 bits per heavy atom.